The van der Waals surface area contributed by atoms with Crippen molar-refractivity contribution in [3.8, 4) is 0 Å². The van der Waals surface area contributed by atoms with Crippen LogP contribution in [0.25, 0.3) is 0 Å². The molecule has 0 aromatic carbocycles. The summed E-state index contributed by atoms with van der Waals surface area (Å²) >= 11 is 0. The highest BCUT2D eigenvalue weighted by Crippen LogP contribution is 2.10. The van der Waals surface area contributed by atoms with Crippen molar-refractivity contribution in [1.82, 2.24) is 16.0 Å². The summed E-state index contributed by atoms with van der Waals surface area (Å²) < 4.78 is 22.8. The second-order valence-electron chi connectivity index (χ2n) is 8.69. The van der Waals surface area contributed by atoms with Crippen molar-refractivity contribution in [2.75, 3.05) is 12.3 Å². The van der Waals surface area contributed by atoms with E-state index in [1.54, 1.807) is 27.7 Å². The molecule has 11 heteroatoms. The Bertz CT molecular complexity index is 780. The molecule has 0 saturated heterocycles. The Morgan fingerprint density at radius 2 is 1.61 bits per heavy atom. The summed E-state index contributed by atoms with van der Waals surface area (Å²) in [6, 6.07) is -2.21. The molecule has 5 N–H and O–H groups in total. The second kappa shape index (κ2) is 15.4. The Labute approximate surface area is 197 Å². The van der Waals surface area contributed by atoms with E-state index >= 15 is 0 Å². The SMILES string of the molecule is C=CS(=O)(=O)CCCCCC(=O)NC(C(=O)NC(CCCNC(N)=O)C(=O)C(C)C)C(C)C. The Hall–Kier alpha value is -2.43. The first-order valence-electron chi connectivity index (χ1n) is 11.3. The third-order valence-electron chi connectivity index (χ3n) is 5.05. The highest BCUT2D eigenvalue weighted by atomic mass is 32.2. The first kappa shape index (κ1) is 30.6. The van der Waals surface area contributed by atoms with Crippen LogP contribution in [0.1, 0.15) is 66.2 Å². The summed E-state index contributed by atoms with van der Waals surface area (Å²) in [7, 11) is -3.24. The summed E-state index contributed by atoms with van der Waals surface area (Å²) in [6.07, 6.45) is 2.43. The first-order valence-corrected chi connectivity index (χ1v) is 13.0. The number of rotatable bonds is 17. The van der Waals surface area contributed by atoms with E-state index < -0.39 is 33.9 Å². The highest BCUT2D eigenvalue weighted by Gasteiger charge is 2.29. The lowest BCUT2D eigenvalue weighted by molar-refractivity contribution is -0.133. The Balaban J connectivity index is 4.83. The van der Waals surface area contributed by atoms with Crippen LogP contribution in [0.3, 0.4) is 0 Å². The Morgan fingerprint density at radius 1 is 0.970 bits per heavy atom. The molecule has 0 fully saturated rings. The molecule has 0 radical (unpaired) electrons. The fraction of sp³-hybridized carbons (Fsp3) is 0.727. The number of nitrogens with two attached hydrogens (primary N) is 1. The van der Waals surface area contributed by atoms with Crippen LogP contribution in [-0.2, 0) is 24.2 Å². The number of ketones is 1. The van der Waals surface area contributed by atoms with Crippen molar-refractivity contribution in [3.05, 3.63) is 12.0 Å². The topological polar surface area (TPSA) is 165 Å². The van der Waals surface area contributed by atoms with Gasteiger partial charge in [-0.2, -0.15) is 0 Å². The zero-order chi connectivity index (χ0) is 25.6. The monoisotopic (exact) mass is 488 g/mol. The van der Waals surface area contributed by atoms with Gasteiger partial charge in [0.15, 0.2) is 15.6 Å². The predicted octanol–water partition coefficient (Wildman–Crippen LogP) is 1.40. The molecule has 0 bridgehead atoms. The van der Waals surface area contributed by atoms with E-state index in [0.29, 0.717) is 32.1 Å². The molecule has 0 rings (SSSR count). The lowest BCUT2D eigenvalue weighted by Crippen LogP contribution is -2.54. The number of Topliss-reactive ketones (excluding diaryl/α,β-unsaturated/α-hetero) is 1. The summed E-state index contributed by atoms with van der Waals surface area (Å²) in [5, 5.41) is 8.85. The fourth-order valence-corrected chi connectivity index (χ4v) is 3.87. The van der Waals surface area contributed by atoms with Gasteiger partial charge in [-0.05, 0) is 31.6 Å². The third kappa shape index (κ3) is 13.7. The number of unbranched alkanes of at least 4 members (excludes halogenated alkanes) is 2. The number of urea groups is 1. The van der Waals surface area contributed by atoms with Gasteiger partial charge in [0.1, 0.15) is 6.04 Å². The average molecular weight is 489 g/mol. The summed E-state index contributed by atoms with van der Waals surface area (Å²) in [5.41, 5.74) is 5.04. The molecule has 0 aliphatic carbocycles. The molecule has 0 aromatic rings. The molecule has 33 heavy (non-hydrogen) atoms. The molecule has 0 spiro atoms. The third-order valence-corrected chi connectivity index (χ3v) is 6.42. The molecule has 0 heterocycles. The second-order valence-corrected chi connectivity index (χ2v) is 10.8. The van der Waals surface area contributed by atoms with Gasteiger partial charge in [0.2, 0.25) is 11.8 Å². The van der Waals surface area contributed by atoms with Crippen LogP contribution in [-0.4, -0.2) is 56.4 Å². The quantitative estimate of drug-likeness (QED) is 0.226. The number of sulfone groups is 1. The largest absolute Gasteiger partial charge is 0.352 e. The van der Waals surface area contributed by atoms with E-state index in [-0.39, 0.29) is 42.2 Å². The van der Waals surface area contributed by atoms with Gasteiger partial charge in [0.25, 0.3) is 0 Å². The van der Waals surface area contributed by atoms with Crippen LogP contribution in [0.2, 0.25) is 0 Å². The number of primary amides is 1. The molecule has 0 aromatic heterocycles. The van der Waals surface area contributed by atoms with Crippen LogP contribution in [0.15, 0.2) is 12.0 Å². The van der Waals surface area contributed by atoms with Crippen LogP contribution >= 0.6 is 0 Å². The number of amides is 4. The van der Waals surface area contributed by atoms with Crippen LogP contribution < -0.4 is 21.7 Å². The van der Waals surface area contributed by atoms with Gasteiger partial charge >= 0.3 is 6.03 Å². The summed E-state index contributed by atoms with van der Waals surface area (Å²) in [6.45, 7) is 10.6. The molecule has 2 unspecified atom stereocenters. The van der Waals surface area contributed by atoms with Crippen LogP contribution in [0.5, 0.6) is 0 Å². The summed E-state index contributed by atoms with van der Waals surface area (Å²) in [4.78, 5) is 48.6. The van der Waals surface area contributed by atoms with Gasteiger partial charge in [-0.3, -0.25) is 14.4 Å². The molecular weight excluding hydrogens is 448 g/mol. The molecule has 0 saturated carbocycles. The minimum atomic E-state index is -3.24. The molecule has 190 valence electrons. The van der Waals surface area contributed by atoms with E-state index in [1.807, 2.05) is 0 Å². The Kier molecular flexibility index (Phi) is 14.3. The maximum Gasteiger partial charge on any atom is 0.312 e. The predicted molar refractivity (Wildman–Crippen MR) is 128 cm³/mol. The molecule has 10 nitrogen and oxygen atoms in total. The summed E-state index contributed by atoms with van der Waals surface area (Å²) in [5.74, 6) is -1.40. The minimum Gasteiger partial charge on any atom is -0.352 e. The lowest BCUT2D eigenvalue weighted by atomic mass is 9.96. The van der Waals surface area contributed by atoms with Crippen LogP contribution in [0.4, 0.5) is 4.79 Å². The van der Waals surface area contributed by atoms with Gasteiger partial charge in [-0.1, -0.05) is 40.7 Å². The lowest BCUT2D eigenvalue weighted by Gasteiger charge is -2.26. The van der Waals surface area contributed by atoms with Gasteiger partial charge < -0.3 is 21.7 Å². The number of nitrogens with one attached hydrogen (secondary N) is 3. The number of carbonyl (C=O) groups excluding carboxylic acids is 4. The highest BCUT2D eigenvalue weighted by molar-refractivity contribution is 7.94. The van der Waals surface area contributed by atoms with E-state index in [9.17, 15) is 27.6 Å². The first-order chi connectivity index (χ1) is 15.3. The van der Waals surface area contributed by atoms with E-state index in [4.69, 9.17) is 5.73 Å². The zero-order valence-corrected chi connectivity index (χ0v) is 21.0. The minimum absolute atomic E-state index is 0.00459. The van der Waals surface area contributed by atoms with Crippen molar-refractivity contribution in [1.29, 1.82) is 0 Å². The van der Waals surface area contributed by atoms with Gasteiger partial charge in [-0.25, -0.2) is 13.2 Å². The molecule has 0 aliphatic heterocycles. The van der Waals surface area contributed by atoms with Crippen molar-refractivity contribution < 1.29 is 27.6 Å². The normalized spacial score (nSPS) is 13.3. The average Bonchev–Trinajstić information content (AvgIpc) is 2.72. The maximum atomic E-state index is 12.9. The van der Waals surface area contributed by atoms with Crippen molar-refractivity contribution >= 4 is 33.5 Å². The van der Waals surface area contributed by atoms with Gasteiger partial charge in [0.05, 0.1) is 11.8 Å². The maximum absolute atomic E-state index is 12.9. The number of hydrogen-bond acceptors (Lipinski definition) is 6. The van der Waals surface area contributed by atoms with Gasteiger partial charge in [-0.15, -0.1) is 0 Å². The van der Waals surface area contributed by atoms with Crippen molar-refractivity contribution in [2.24, 2.45) is 17.6 Å². The van der Waals surface area contributed by atoms with E-state index in [2.05, 4.69) is 22.5 Å². The molecule has 2 atom stereocenters. The number of carbonyl (C=O) groups is 4. The van der Waals surface area contributed by atoms with Crippen LogP contribution in [0, 0.1) is 11.8 Å². The van der Waals surface area contributed by atoms with Crippen molar-refractivity contribution in [2.45, 2.75) is 78.3 Å². The molecule has 4 amide bonds. The fourth-order valence-electron chi connectivity index (χ4n) is 3.10. The van der Waals surface area contributed by atoms with Gasteiger partial charge in [0, 0.05) is 24.3 Å². The van der Waals surface area contributed by atoms with E-state index in [0.717, 1.165) is 5.41 Å². The standard InChI is InChI=1S/C22H40N4O6S/c1-6-33(31,32)14-9-7-8-12-18(27)26-19(15(2)3)21(29)25-17(20(28)16(4)5)11-10-13-24-22(23)30/h6,15-17,19H,1,7-14H2,2-5H3,(H,25,29)(H,26,27)(H3,23,24,30). The van der Waals surface area contributed by atoms with E-state index in [1.165, 1.54) is 0 Å². The molecule has 0 aliphatic rings. The molecular formula is C22H40N4O6S. The van der Waals surface area contributed by atoms with Crippen molar-refractivity contribution in [3.63, 3.8) is 0 Å². The number of hydrogen-bond donors (Lipinski definition) is 4. The zero-order valence-electron chi connectivity index (χ0n) is 20.2. The smallest absolute Gasteiger partial charge is 0.312 e. The Morgan fingerprint density at radius 3 is 2.12 bits per heavy atom.